The highest BCUT2D eigenvalue weighted by Crippen LogP contribution is 2.33. The number of amides is 1. The molecule has 0 bridgehead atoms. The molecule has 3 saturated heterocycles. The Hall–Kier alpha value is -1.57. The number of hydrogen-bond acceptors (Lipinski definition) is 4. The zero-order valence-electron chi connectivity index (χ0n) is 14.7. The zero-order valence-corrected chi connectivity index (χ0v) is 14.7. The van der Waals surface area contributed by atoms with Gasteiger partial charge in [0.25, 0.3) is 5.91 Å². The third-order valence-electron chi connectivity index (χ3n) is 5.56. The summed E-state index contributed by atoms with van der Waals surface area (Å²) in [7, 11) is 0. The van der Waals surface area contributed by atoms with Gasteiger partial charge in [-0.25, -0.2) is 13.8 Å². The fourth-order valence-electron chi connectivity index (χ4n) is 4.20. The number of halogens is 2. The first-order valence-electron chi connectivity index (χ1n) is 9.39. The zero-order chi connectivity index (χ0) is 18.1. The van der Waals surface area contributed by atoms with Gasteiger partial charge in [0.15, 0.2) is 11.6 Å². The van der Waals surface area contributed by atoms with E-state index < -0.39 is 17.7 Å². The van der Waals surface area contributed by atoms with Gasteiger partial charge in [-0.05, 0) is 49.8 Å². The molecule has 0 radical (unpaired) electrons. The maximum absolute atomic E-state index is 13.4. The van der Waals surface area contributed by atoms with Crippen LogP contribution in [0.3, 0.4) is 0 Å². The molecule has 3 aliphatic rings. The highest BCUT2D eigenvalue weighted by Gasteiger charge is 2.42. The van der Waals surface area contributed by atoms with Crippen LogP contribution in [-0.2, 0) is 20.9 Å². The van der Waals surface area contributed by atoms with E-state index in [1.807, 2.05) is 0 Å². The number of benzene rings is 1. The van der Waals surface area contributed by atoms with Gasteiger partial charge < -0.3 is 4.74 Å². The number of hydroxylamine groups is 2. The number of rotatable bonds is 3. The number of carbonyl (C=O) groups is 1. The predicted molar refractivity (Wildman–Crippen MR) is 90.0 cm³/mol. The van der Waals surface area contributed by atoms with Crippen molar-refractivity contribution in [2.24, 2.45) is 0 Å². The van der Waals surface area contributed by atoms with Gasteiger partial charge in [0, 0.05) is 25.7 Å². The summed E-state index contributed by atoms with van der Waals surface area (Å²) in [5.41, 5.74) is 0.754. The summed E-state index contributed by atoms with van der Waals surface area (Å²) in [5, 5.41) is 1.46. The van der Waals surface area contributed by atoms with Gasteiger partial charge in [0.05, 0.1) is 12.7 Å². The van der Waals surface area contributed by atoms with E-state index in [1.54, 1.807) is 6.07 Å². The Balaban J connectivity index is 1.35. The molecule has 0 spiro atoms. The largest absolute Gasteiger partial charge is 0.363 e. The average Bonchev–Trinajstić information content (AvgIpc) is 3.07. The topological polar surface area (TPSA) is 42.0 Å². The van der Waals surface area contributed by atoms with Gasteiger partial charge in [0.1, 0.15) is 6.10 Å². The maximum atomic E-state index is 13.4. The van der Waals surface area contributed by atoms with Crippen LogP contribution in [0.1, 0.15) is 37.7 Å². The Morgan fingerprint density at radius 3 is 2.77 bits per heavy atom. The molecule has 1 amide bonds. The first-order valence-corrected chi connectivity index (χ1v) is 9.39. The summed E-state index contributed by atoms with van der Waals surface area (Å²) in [5.74, 6) is -1.71. The Morgan fingerprint density at radius 2 is 2.00 bits per heavy atom. The minimum absolute atomic E-state index is 0.00721. The number of carbonyl (C=O) groups excluding carboxylic acids is 1. The average molecular weight is 366 g/mol. The van der Waals surface area contributed by atoms with Crippen molar-refractivity contribution in [1.29, 1.82) is 0 Å². The number of likely N-dealkylation sites (tertiary alicyclic amines) is 1. The van der Waals surface area contributed by atoms with Crippen molar-refractivity contribution in [3.63, 3.8) is 0 Å². The fourth-order valence-corrected chi connectivity index (χ4v) is 4.20. The van der Waals surface area contributed by atoms with Gasteiger partial charge in [-0.15, -0.1) is 0 Å². The summed E-state index contributed by atoms with van der Waals surface area (Å²) < 4.78 is 32.6. The molecule has 26 heavy (non-hydrogen) atoms. The highest BCUT2D eigenvalue weighted by molar-refractivity contribution is 5.80. The van der Waals surface area contributed by atoms with Crippen LogP contribution in [0.2, 0.25) is 0 Å². The lowest BCUT2D eigenvalue weighted by atomic mass is 9.98. The molecule has 142 valence electrons. The molecule has 5 nitrogen and oxygen atoms in total. The van der Waals surface area contributed by atoms with Crippen molar-refractivity contribution in [2.75, 3.05) is 19.7 Å². The molecule has 3 heterocycles. The molecule has 3 fully saturated rings. The summed E-state index contributed by atoms with van der Waals surface area (Å²) >= 11 is 0. The van der Waals surface area contributed by atoms with E-state index in [9.17, 15) is 13.6 Å². The van der Waals surface area contributed by atoms with Crippen LogP contribution in [0, 0.1) is 11.6 Å². The first kappa shape index (κ1) is 17.8. The second kappa shape index (κ2) is 7.58. The number of hydrogen-bond donors (Lipinski definition) is 0. The summed E-state index contributed by atoms with van der Waals surface area (Å²) in [6, 6.07) is 4.26. The number of fused-ring (bicyclic) bond motifs is 1. The molecule has 3 aliphatic heterocycles. The second-order valence-corrected chi connectivity index (χ2v) is 7.30. The maximum Gasteiger partial charge on any atom is 0.275 e. The third kappa shape index (κ3) is 3.61. The smallest absolute Gasteiger partial charge is 0.275 e. The highest BCUT2D eigenvalue weighted by atomic mass is 19.2. The molecular weight excluding hydrogens is 342 g/mol. The molecule has 4 rings (SSSR count). The minimum Gasteiger partial charge on any atom is -0.363 e. The first-order chi connectivity index (χ1) is 12.6. The van der Waals surface area contributed by atoms with Crippen LogP contribution in [0.5, 0.6) is 0 Å². The third-order valence-corrected chi connectivity index (χ3v) is 5.56. The Morgan fingerprint density at radius 1 is 1.12 bits per heavy atom. The minimum atomic E-state index is -0.824. The monoisotopic (exact) mass is 366 g/mol. The Labute approximate surface area is 151 Å². The Bertz CT molecular complexity index is 666. The fraction of sp³-hybridized carbons (Fsp3) is 0.632. The van der Waals surface area contributed by atoms with Crippen LogP contribution in [-0.4, -0.2) is 53.8 Å². The van der Waals surface area contributed by atoms with E-state index in [4.69, 9.17) is 9.57 Å². The van der Waals surface area contributed by atoms with Crippen molar-refractivity contribution < 1.29 is 23.1 Å². The standard InChI is InChI=1S/C19H24F2N2O3/c20-14-4-3-13(11-15(14)21)12-22-9-7-17-16(22)5-6-18(26-17)19(24)23-8-1-2-10-25-23/h3-4,11,16-18H,1-2,5-10,12H2/t16-,17-,18-/m1/s1. The molecular formula is C19H24F2N2O3. The molecule has 0 aromatic heterocycles. The van der Waals surface area contributed by atoms with Crippen LogP contribution in [0.25, 0.3) is 0 Å². The lowest BCUT2D eigenvalue weighted by molar-refractivity contribution is -0.213. The molecule has 0 aliphatic carbocycles. The molecule has 0 unspecified atom stereocenters. The molecule has 3 atom stereocenters. The lowest BCUT2D eigenvalue weighted by Gasteiger charge is -2.37. The van der Waals surface area contributed by atoms with Crippen molar-refractivity contribution in [3.05, 3.63) is 35.4 Å². The van der Waals surface area contributed by atoms with E-state index in [-0.39, 0.29) is 18.1 Å². The SMILES string of the molecule is O=C([C@H]1CC[C@@H]2[C@@H](CCN2Cc2ccc(F)c(F)c2)O1)N1CCCCO1. The molecule has 1 aromatic rings. The van der Waals surface area contributed by atoms with Gasteiger partial charge in [-0.1, -0.05) is 6.07 Å². The van der Waals surface area contributed by atoms with Crippen LogP contribution < -0.4 is 0 Å². The Kier molecular flexibility index (Phi) is 5.20. The lowest BCUT2D eigenvalue weighted by Crippen LogP contribution is -2.49. The molecule has 7 heteroatoms. The summed E-state index contributed by atoms with van der Waals surface area (Å²) in [4.78, 5) is 20.3. The number of nitrogens with zero attached hydrogens (tertiary/aromatic N) is 2. The molecule has 1 aromatic carbocycles. The quantitative estimate of drug-likeness (QED) is 0.825. The van der Waals surface area contributed by atoms with Crippen molar-refractivity contribution >= 4 is 5.91 Å². The van der Waals surface area contributed by atoms with Crippen LogP contribution >= 0.6 is 0 Å². The van der Waals surface area contributed by atoms with E-state index in [1.165, 1.54) is 17.2 Å². The van der Waals surface area contributed by atoms with Gasteiger partial charge in [-0.2, -0.15) is 0 Å². The van der Waals surface area contributed by atoms with E-state index in [0.717, 1.165) is 37.8 Å². The predicted octanol–water partition coefficient (Wildman–Crippen LogP) is 2.64. The van der Waals surface area contributed by atoms with E-state index in [0.29, 0.717) is 26.1 Å². The molecule has 0 N–H and O–H groups in total. The summed E-state index contributed by atoms with van der Waals surface area (Å²) in [6.45, 7) is 2.62. The van der Waals surface area contributed by atoms with Gasteiger partial charge >= 0.3 is 0 Å². The van der Waals surface area contributed by atoms with Crippen molar-refractivity contribution in [3.8, 4) is 0 Å². The number of ether oxygens (including phenoxy) is 1. The van der Waals surface area contributed by atoms with Gasteiger partial charge in [-0.3, -0.25) is 14.5 Å². The van der Waals surface area contributed by atoms with Gasteiger partial charge in [0.2, 0.25) is 0 Å². The molecule has 0 saturated carbocycles. The van der Waals surface area contributed by atoms with E-state index >= 15 is 0 Å². The van der Waals surface area contributed by atoms with Crippen molar-refractivity contribution in [2.45, 2.75) is 56.9 Å². The van der Waals surface area contributed by atoms with Crippen LogP contribution in [0.4, 0.5) is 8.78 Å². The van der Waals surface area contributed by atoms with Crippen molar-refractivity contribution in [1.82, 2.24) is 9.96 Å². The second-order valence-electron chi connectivity index (χ2n) is 7.30. The van der Waals surface area contributed by atoms with E-state index in [2.05, 4.69) is 4.90 Å². The normalized spacial score (nSPS) is 29.6. The van der Waals surface area contributed by atoms with Crippen LogP contribution in [0.15, 0.2) is 18.2 Å². The summed E-state index contributed by atoms with van der Waals surface area (Å²) in [6.07, 6.45) is 3.89.